The highest BCUT2D eigenvalue weighted by atomic mass is 32.2. The molecule has 4 rings (SSSR count). The number of pyridine rings is 1. The number of benzene rings is 1. The lowest BCUT2D eigenvalue weighted by atomic mass is 10.0. The number of aromatic nitrogens is 3. The van der Waals surface area contributed by atoms with Crippen molar-refractivity contribution in [1.82, 2.24) is 14.8 Å². The predicted molar refractivity (Wildman–Crippen MR) is 107 cm³/mol. The molecule has 0 spiro atoms. The minimum atomic E-state index is -3.42. The van der Waals surface area contributed by atoms with Crippen molar-refractivity contribution in [2.24, 2.45) is 7.05 Å². The second-order valence-electron chi connectivity index (χ2n) is 6.29. The summed E-state index contributed by atoms with van der Waals surface area (Å²) in [5, 5.41) is 8.01. The van der Waals surface area contributed by atoms with Crippen molar-refractivity contribution in [2.75, 3.05) is 5.32 Å². The zero-order chi connectivity index (χ0) is 19.7. The van der Waals surface area contributed by atoms with E-state index < -0.39 is 9.84 Å². The number of anilines is 1. The van der Waals surface area contributed by atoms with Crippen LogP contribution in [0.5, 0.6) is 0 Å². The molecule has 0 radical (unpaired) electrons. The number of carbonyl (C=O) groups is 1. The number of amides is 1. The first kappa shape index (κ1) is 17.9. The minimum Gasteiger partial charge on any atom is -0.322 e. The molecule has 3 aromatic rings. The number of carbonyl (C=O) groups excluding carboxylic acids is 1. The second-order valence-corrected chi connectivity index (χ2v) is 8.09. The summed E-state index contributed by atoms with van der Waals surface area (Å²) in [5.41, 5.74) is 3.62. The molecule has 1 N–H and O–H groups in total. The van der Waals surface area contributed by atoms with E-state index in [9.17, 15) is 13.2 Å². The SMILES string of the molecule is Cn1cc(-c2ccncc2/C=C/C(=O)Nc2ccc3c(c2)S(=O)(=O)C=C3)cn1. The average Bonchev–Trinajstić information content (AvgIpc) is 3.24. The van der Waals surface area contributed by atoms with Gasteiger partial charge in [-0.1, -0.05) is 6.07 Å². The largest absolute Gasteiger partial charge is 0.322 e. The van der Waals surface area contributed by atoms with Gasteiger partial charge in [-0.2, -0.15) is 5.10 Å². The number of nitrogens with one attached hydrogen (secondary N) is 1. The van der Waals surface area contributed by atoms with Gasteiger partial charge in [0.25, 0.3) is 0 Å². The van der Waals surface area contributed by atoms with Gasteiger partial charge in [0, 0.05) is 53.9 Å². The third-order valence-corrected chi connectivity index (χ3v) is 5.76. The van der Waals surface area contributed by atoms with Crippen LogP contribution >= 0.6 is 0 Å². The molecule has 1 aliphatic heterocycles. The molecule has 3 heterocycles. The summed E-state index contributed by atoms with van der Waals surface area (Å²) in [6.45, 7) is 0. The Hall–Kier alpha value is -3.52. The molecule has 1 aromatic carbocycles. The van der Waals surface area contributed by atoms with Gasteiger partial charge in [-0.15, -0.1) is 0 Å². The fourth-order valence-electron chi connectivity index (χ4n) is 2.94. The minimum absolute atomic E-state index is 0.195. The molecular weight excluding hydrogens is 376 g/mol. The van der Waals surface area contributed by atoms with E-state index in [1.54, 1.807) is 47.6 Å². The van der Waals surface area contributed by atoms with Crippen molar-refractivity contribution in [3.63, 3.8) is 0 Å². The summed E-state index contributed by atoms with van der Waals surface area (Å²) < 4.78 is 25.6. The molecule has 140 valence electrons. The fourth-order valence-corrected chi connectivity index (χ4v) is 4.17. The maximum atomic E-state index is 12.3. The van der Waals surface area contributed by atoms with Crippen LogP contribution in [0, 0.1) is 0 Å². The number of sulfone groups is 1. The third-order valence-electron chi connectivity index (χ3n) is 4.30. The maximum Gasteiger partial charge on any atom is 0.248 e. The molecule has 1 aliphatic rings. The van der Waals surface area contributed by atoms with Crippen molar-refractivity contribution < 1.29 is 13.2 Å². The van der Waals surface area contributed by atoms with Gasteiger partial charge in [0.05, 0.1) is 11.1 Å². The van der Waals surface area contributed by atoms with Crippen LogP contribution in [-0.4, -0.2) is 29.1 Å². The van der Waals surface area contributed by atoms with Crippen LogP contribution in [0.1, 0.15) is 11.1 Å². The van der Waals surface area contributed by atoms with Gasteiger partial charge in [-0.05, 0) is 41.5 Å². The van der Waals surface area contributed by atoms with Crippen molar-refractivity contribution >= 4 is 33.6 Å². The molecule has 0 saturated carbocycles. The molecule has 1 amide bonds. The van der Waals surface area contributed by atoms with Crippen molar-refractivity contribution in [3.8, 4) is 11.1 Å². The van der Waals surface area contributed by atoms with E-state index in [4.69, 9.17) is 0 Å². The molecule has 0 saturated heterocycles. The van der Waals surface area contributed by atoms with Gasteiger partial charge in [-0.25, -0.2) is 8.42 Å². The quantitative estimate of drug-likeness (QED) is 0.689. The van der Waals surface area contributed by atoms with E-state index in [0.29, 0.717) is 11.3 Å². The maximum absolute atomic E-state index is 12.3. The number of nitrogens with zero attached hydrogens (tertiary/aromatic N) is 3. The summed E-state index contributed by atoms with van der Waals surface area (Å²) in [6.07, 6.45) is 11.6. The highest BCUT2D eigenvalue weighted by Gasteiger charge is 2.20. The molecule has 0 aliphatic carbocycles. The van der Waals surface area contributed by atoms with E-state index in [-0.39, 0.29) is 10.8 Å². The monoisotopic (exact) mass is 392 g/mol. The summed E-state index contributed by atoms with van der Waals surface area (Å²) in [7, 11) is -1.59. The highest BCUT2D eigenvalue weighted by Crippen LogP contribution is 2.29. The summed E-state index contributed by atoms with van der Waals surface area (Å²) in [6, 6.07) is 6.65. The Morgan fingerprint density at radius 3 is 2.86 bits per heavy atom. The number of hydrogen-bond acceptors (Lipinski definition) is 5. The van der Waals surface area contributed by atoms with Crippen LogP contribution in [0.2, 0.25) is 0 Å². The molecule has 8 heteroatoms. The highest BCUT2D eigenvalue weighted by molar-refractivity contribution is 7.94. The first-order valence-electron chi connectivity index (χ1n) is 8.42. The van der Waals surface area contributed by atoms with Gasteiger partial charge in [0.15, 0.2) is 0 Å². The Bertz CT molecular complexity index is 1240. The van der Waals surface area contributed by atoms with Gasteiger partial charge in [-0.3, -0.25) is 14.5 Å². The van der Waals surface area contributed by atoms with Gasteiger partial charge in [0.1, 0.15) is 0 Å². The first-order valence-corrected chi connectivity index (χ1v) is 9.96. The molecule has 0 atom stereocenters. The fraction of sp³-hybridized carbons (Fsp3) is 0.0500. The third kappa shape index (κ3) is 3.49. The molecule has 0 unspecified atom stereocenters. The van der Waals surface area contributed by atoms with Crippen LogP contribution < -0.4 is 5.32 Å². The van der Waals surface area contributed by atoms with Crippen molar-refractivity contribution in [2.45, 2.75) is 4.90 Å². The van der Waals surface area contributed by atoms with Crippen LogP contribution in [0.15, 0.2) is 65.4 Å². The molecular formula is C20H16N4O3S. The summed E-state index contributed by atoms with van der Waals surface area (Å²) in [4.78, 5) is 16.6. The zero-order valence-corrected chi connectivity index (χ0v) is 15.7. The molecule has 28 heavy (non-hydrogen) atoms. The lowest BCUT2D eigenvalue weighted by Crippen LogP contribution is -2.08. The smallest absolute Gasteiger partial charge is 0.248 e. The lowest BCUT2D eigenvalue weighted by Gasteiger charge is -2.06. The topological polar surface area (TPSA) is 94.0 Å². The Morgan fingerprint density at radius 2 is 2.07 bits per heavy atom. The van der Waals surface area contributed by atoms with Gasteiger partial charge < -0.3 is 5.32 Å². The number of hydrogen-bond donors (Lipinski definition) is 1. The molecule has 0 bridgehead atoms. The van der Waals surface area contributed by atoms with Gasteiger partial charge in [0.2, 0.25) is 15.7 Å². The van der Waals surface area contributed by atoms with E-state index >= 15 is 0 Å². The van der Waals surface area contributed by atoms with E-state index in [1.165, 1.54) is 12.1 Å². The normalized spacial score (nSPS) is 14.3. The molecule has 7 nitrogen and oxygen atoms in total. The van der Waals surface area contributed by atoms with Gasteiger partial charge >= 0.3 is 0 Å². The Balaban J connectivity index is 1.54. The van der Waals surface area contributed by atoms with Crippen LogP contribution in [0.3, 0.4) is 0 Å². The summed E-state index contributed by atoms with van der Waals surface area (Å²) >= 11 is 0. The molecule has 2 aromatic heterocycles. The van der Waals surface area contributed by atoms with Crippen molar-refractivity contribution in [1.29, 1.82) is 0 Å². The molecule has 0 fully saturated rings. The lowest BCUT2D eigenvalue weighted by molar-refractivity contribution is -0.111. The number of aryl methyl sites for hydroxylation is 1. The Kier molecular flexibility index (Phi) is 4.40. The van der Waals surface area contributed by atoms with Crippen molar-refractivity contribution in [3.05, 3.63) is 71.7 Å². The summed E-state index contributed by atoms with van der Waals surface area (Å²) in [5.74, 6) is -0.371. The van der Waals surface area contributed by atoms with Crippen LogP contribution in [0.4, 0.5) is 5.69 Å². The predicted octanol–water partition coefficient (Wildman–Crippen LogP) is 2.89. The number of rotatable bonds is 4. The van der Waals surface area contributed by atoms with Crippen LogP contribution in [0.25, 0.3) is 23.3 Å². The van der Waals surface area contributed by atoms with E-state index in [1.807, 2.05) is 19.3 Å². The Labute approximate surface area is 162 Å². The van der Waals surface area contributed by atoms with E-state index in [0.717, 1.165) is 22.1 Å². The zero-order valence-electron chi connectivity index (χ0n) is 14.9. The van der Waals surface area contributed by atoms with E-state index in [2.05, 4.69) is 15.4 Å². The number of fused-ring (bicyclic) bond motifs is 1. The average molecular weight is 392 g/mol. The second kappa shape index (κ2) is 6.90. The van der Waals surface area contributed by atoms with Crippen LogP contribution in [-0.2, 0) is 21.7 Å². The Morgan fingerprint density at radius 1 is 1.21 bits per heavy atom. The standard InChI is InChI=1S/C20H16N4O3S/c1-24-13-16(12-22-24)18-6-8-21-11-15(18)3-5-20(25)23-17-4-2-14-7-9-28(26,27)19(14)10-17/h2-13H,1H3,(H,23,25)/b5-3+. The first-order chi connectivity index (χ1) is 13.4.